The summed E-state index contributed by atoms with van der Waals surface area (Å²) in [6, 6.07) is 18.8. The first-order chi connectivity index (χ1) is 9.93. The Labute approximate surface area is 118 Å². The third kappa shape index (κ3) is 1.77. The third-order valence-electron chi connectivity index (χ3n) is 3.80. The lowest BCUT2D eigenvalue weighted by atomic mass is 10.1. The smallest absolute Gasteiger partial charge is 0.162 e. The van der Waals surface area contributed by atoms with Gasteiger partial charge in [0.25, 0.3) is 0 Å². The van der Waals surface area contributed by atoms with Gasteiger partial charge in [-0.25, -0.2) is 0 Å². The van der Waals surface area contributed by atoms with Gasteiger partial charge < -0.3 is 10.2 Å². The van der Waals surface area contributed by atoms with Crippen molar-refractivity contribution in [3.05, 3.63) is 65.7 Å². The number of para-hydroxylation sites is 1. The van der Waals surface area contributed by atoms with E-state index in [2.05, 4.69) is 57.1 Å². The van der Waals surface area contributed by atoms with Crippen molar-refractivity contribution in [1.82, 2.24) is 10.7 Å². The zero-order valence-electron chi connectivity index (χ0n) is 11.1. The summed E-state index contributed by atoms with van der Waals surface area (Å²) in [6.07, 6.45) is 0.175. The van der Waals surface area contributed by atoms with Crippen molar-refractivity contribution in [3.8, 4) is 0 Å². The highest BCUT2D eigenvalue weighted by Gasteiger charge is 2.32. The van der Waals surface area contributed by atoms with E-state index in [-0.39, 0.29) is 6.17 Å². The Kier molecular flexibility index (Phi) is 2.67. The molecule has 20 heavy (non-hydrogen) atoms. The highest BCUT2D eigenvalue weighted by atomic mass is 15.5. The van der Waals surface area contributed by atoms with Gasteiger partial charge in [-0.2, -0.15) is 5.10 Å². The summed E-state index contributed by atoms with van der Waals surface area (Å²) in [5.74, 6) is 0.992. The van der Waals surface area contributed by atoms with Gasteiger partial charge in [-0.1, -0.05) is 48.5 Å². The highest BCUT2D eigenvalue weighted by molar-refractivity contribution is 6.11. The fourth-order valence-corrected chi connectivity index (χ4v) is 2.84. The first-order valence-corrected chi connectivity index (χ1v) is 6.90. The topological polar surface area (TPSA) is 39.7 Å². The Balaban J connectivity index is 1.82. The molecule has 2 aliphatic rings. The lowest BCUT2D eigenvalue weighted by molar-refractivity contribution is 0.536. The molecule has 0 spiro atoms. The summed E-state index contributed by atoms with van der Waals surface area (Å²) in [5.41, 5.74) is 6.92. The minimum Gasteiger partial charge on any atom is -0.309 e. The van der Waals surface area contributed by atoms with Crippen molar-refractivity contribution in [3.63, 3.8) is 0 Å². The monoisotopic (exact) mass is 264 g/mol. The number of hydrogen-bond acceptors (Lipinski definition) is 4. The molecule has 2 N–H and O–H groups in total. The molecule has 4 heteroatoms. The van der Waals surface area contributed by atoms with E-state index in [4.69, 9.17) is 0 Å². The fourth-order valence-electron chi connectivity index (χ4n) is 2.84. The SMILES string of the molecule is c1ccc(C2=NNC3CNCc4ccccc4N23)cc1. The van der Waals surface area contributed by atoms with Crippen LogP contribution >= 0.6 is 0 Å². The van der Waals surface area contributed by atoms with Crippen LogP contribution in [-0.2, 0) is 6.54 Å². The lowest BCUT2D eigenvalue weighted by Crippen LogP contribution is -2.45. The zero-order valence-corrected chi connectivity index (χ0v) is 11.1. The number of rotatable bonds is 1. The molecule has 1 atom stereocenters. The van der Waals surface area contributed by atoms with Gasteiger partial charge in [0.1, 0.15) is 6.17 Å². The molecule has 100 valence electrons. The Bertz CT molecular complexity index is 651. The molecule has 0 fully saturated rings. The average molecular weight is 264 g/mol. The lowest BCUT2D eigenvalue weighted by Gasteiger charge is -2.26. The molecule has 0 radical (unpaired) electrons. The Morgan fingerprint density at radius 2 is 1.80 bits per heavy atom. The molecule has 4 rings (SSSR count). The van der Waals surface area contributed by atoms with Gasteiger partial charge >= 0.3 is 0 Å². The van der Waals surface area contributed by atoms with Crippen LogP contribution < -0.4 is 15.6 Å². The Morgan fingerprint density at radius 1 is 1.00 bits per heavy atom. The summed E-state index contributed by atoms with van der Waals surface area (Å²) in [4.78, 5) is 2.30. The van der Waals surface area contributed by atoms with Crippen molar-refractivity contribution in [2.24, 2.45) is 5.10 Å². The number of fused-ring (bicyclic) bond motifs is 3. The molecule has 2 aromatic carbocycles. The maximum atomic E-state index is 4.54. The van der Waals surface area contributed by atoms with E-state index in [1.54, 1.807) is 0 Å². The van der Waals surface area contributed by atoms with E-state index in [1.807, 2.05) is 18.2 Å². The van der Waals surface area contributed by atoms with E-state index in [9.17, 15) is 0 Å². The molecular weight excluding hydrogens is 248 g/mol. The van der Waals surface area contributed by atoms with Gasteiger partial charge in [-0.3, -0.25) is 5.43 Å². The maximum Gasteiger partial charge on any atom is 0.162 e. The molecule has 0 aliphatic carbocycles. The summed E-state index contributed by atoms with van der Waals surface area (Å²) in [7, 11) is 0. The number of hydrogen-bond donors (Lipinski definition) is 2. The standard InChI is InChI=1S/C16H16N4/c1-2-6-12(7-3-1)16-19-18-15-11-17-10-13-8-4-5-9-14(13)20(15)16/h1-9,15,17-18H,10-11H2. The summed E-state index contributed by atoms with van der Waals surface area (Å²) >= 11 is 0. The van der Waals surface area contributed by atoms with E-state index >= 15 is 0 Å². The van der Waals surface area contributed by atoms with Crippen molar-refractivity contribution in [2.45, 2.75) is 12.7 Å². The van der Waals surface area contributed by atoms with Crippen LogP contribution in [-0.4, -0.2) is 18.5 Å². The molecule has 2 aliphatic heterocycles. The van der Waals surface area contributed by atoms with Crippen LogP contribution in [0.15, 0.2) is 59.7 Å². The molecule has 4 nitrogen and oxygen atoms in total. The predicted molar refractivity (Wildman–Crippen MR) is 80.5 cm³/mol. The molecule has 0 saturated carbocycles. The second kappa shape index (κ2) is 4.65. The number of nitrogens with zero attached hydrogens (tertiary/aromatic N) is 2. The quantitative estimate of drug-likeness (QED) is 0.826. The van der Waals surface area contributed by atoms with Gasteiger partial charge in [-0.15, -0.1) is 0 Å². The minimum absolute atomic E-state index is 0.175. The summed E-state index contributed by atoms with van der Waals surface area (Å²) in [6.45, 7) is 1.77. The largest absolute Gasteiger partial charge is 0.309 e. The second-order valence-corrected chi connectivity index (χ2v) is 5.08. The summed E-state index contributed by atoms with van der Waals surface area (Å²) < 4.78 is 0. The highest BCUT2D eigenvalue weighted by Crippen LogP contribution is 2.28. The average Bonchev–Trinajstić information content (AvgIpc) is 2.84. The predicted octanol–water partition coefficient (Wildman–Crippen LogP) is 1.89. The number of amidine groups is 1. The molecule has 0 amide bonds. The third-order valence-corrected chi connectivity index (χ3v) is 3.80. The Morgan fingerprint density at radius 3 is 2.70 bits per heavy atom. The van der Waals surface area contributed by atoms with Gasteiger partial charge in [0, 0.05) is 24.3 Å². The Hall–Kier alpha value is -2.33. The minimum atomic E-state index is 0.175. The van der Waals surface area contributed by atoms with Crippen LogP contribution in [0.2, 0.25) is 0 Å². The van der Waals surface area contributed by atoms with E-state index in [1.165, 1.54) is 11.3 Å². The molecule has 2 aromatic rings. The molecular formula is C16H16N4. The first kappa shape index (κ1) is 11.5. The summed E-state index contributed by atoms with van der Waals surface area (Å²) in [5, 5.41) is 8.01. The number of hydrazone groups is 1. The zero-order chi connectivity index (χ0) is 13.4. The number of benzene rings is 2. The molecule has 0 bridgehead atoms. The van der Waals surface area contributed by atoms with Crippen LogP contribution in [0, 0.1) is 0 Å². The van der Waals surface area contributed by atoms with E-state index < -0.39 is 0 Å². The van der Waals surface area contributed by atoms with Gasteiger partial charge in [0.05, 0.1) is 0 Å². The molecule has 1 unspecified atom stereocenters. The fraction of sp³-hybridized carbons (Fsp3) is 0.188. The van der Waals surface area contributed by atoms with Crippen molar-refractivity contribution in [2.75, 3.05) is 11.4 Å². The van der Waals surface area contributed by atoms with Crippen LogP contribution in [0.5, 0.6) is 0 Å². The second-order valence-electron chi connectivity index (χ2n) is 5.08. The van der Waals surface area contributed by atoms with Gasteiger partial charge in [-0.05, 0) is 11.6 Å². The molecule has 0 saturated heterocycles. The first-order valence-electron chi connectivity index (χ1n) is 6.90. The molecule has 2 heterocycles. The normalized spacial score (nSPS) is 20.5. The van der Waals surface area contributed by atoms with Crippen LogP contribution in [0.1, 0.15) is 11.1 Å². The number of anilines is 1. The molecule has 0 aromatic heterocycles. The maximum absolute atomic E-state index is 4.54. The van der Waals surface area contributed by atoms with Crippen molar-refractivity contribution >= 4 is 11.5 Å². The van der Waals surface area contributed by atoms with Crippen molar-refractivity contribution in [1.29, 1.82) is 0 Å². The van der Waals surface area contributed by atoms with Crippen LogP contribution in [0.3, 0.4) is 0 Å². The van der Waals surface area contributed by atoms with Crippen LogP contribution in [0.4, 0.5) is 5.69 Å². The van der Waals surface area contributed by atoms with Crippen LogP contribution in [0.25, 0.3) is 0 Å². The van der Waals surface area contributed by atoms with Gasteiger partial charge in [0.15, 0.2) is 5.84 Å². The van der Waals surface area contributed by atoms with E-state index in [0.29, 0.717) is 0 Å². The van der Waals surface area contributed by atoms with Gasteiger partial charge in [0.2, 0.25) is 0 Å². The van der Waals surface area contributed by atoms with Crippen molar-refractivity contribution < 1.29 is 0 Å². The number of nitrogens with one attached hydrogen (secondary N) is 2. The van der Waals surface area contributed by atoms with E-state index in [0.717, 1.165) is 24.5 Å².